The van der Waals surface area contributed by atoms with Gasteiger partial charge in [-0.2, -0.15) is 0 Å². The molecule has 0 aromatic heterocycles. The summed E-state index contributed by atoms with van der Waals surface area (Å²) in [6.07, 6.45) is 5.04. The molecule has 0 unspecified atom stereocenters. The summed E-state index contributed by atoms with van der Waals surface area (Å²) in [5.74, 6) is 0. The minimum absolute atomic E-state index is 0.0181. The molecule has 3 rings (SSSR count). The third-order valence-electron chi connectivity index (χ3n) is 2.28. The summed E-state index contributed by atoms with van der Waals surface area (Å²) in [5.41, 5.74) is 3.36. The highest BCUT2D eigenvalue weighted by atomic mass is 15.2. The second-order valence-electron chi connectivity index (χ2n) is 3.22. The first-order valence-corrected chi connectivity index (χ1v) is 4.52. The zero-order valence-electron chi connectivity index (χ0n) is 7.78. The first-order valence-electron chi connectivity index (χ1n) is 4.52. The molecular formula is C9H8N6. The van der Waals surface area contributed by atoms with Gasteiger partial charge < -0.3 is 10.6 Å². The quantitative estimate of drug-likeness (QED) is 0.567. The Balaban J connectivity index is 2.43. The molecule has 0 atom stereocenters. The SMILES string of the molecule is N=c1ncc2cncc3c(c-2n1)NCN3. The van der Waals surface area contributed by atoms with Gasteiger partial charge in [0, 0.05) is 18.0 Å². The predicted molar refractivity (Wildman–Crippen MR) is 54.4 cm³/mol. The maximum atomic E-state index is 7.41. The molecule has 3 heterocycles. The lowest BCUT2D eigenvalue weighted by Gasteiger charge is -2.02. The maximum Gasteiger partial charge on any atom is 0.242 e. The van der Waals surface area contributed by atoms with Gasteiger partial charge in [-0.25, -0.2) is 9.97 Å². The van der Waals surface area contributed by atoms with Gasteiger partial charge in [-0.3, -0.25) is 10.4 Å². The van der Waals surface area contributed by atoms with Crippen molar-refractivity contribution >= 4 is 11.4 Å². The van der Waals surface area contributed by atoms with Crippen molar-refractivity contribution < 1.29 is 0 Å². The van der Waals surface area contributed by atoms with Gasteiger partial charge in [0.05, 0.1) is 24.2 Å². The number of aromatic nitrogens is 3. The predicted octanol–water partition coefficient (Wildman–Crippen LogP) is 0.251. The smallest absolute Gasteiger partial charge is 0.242 e. The molecule has 0 aromatic rings. The normalized spacial score (nSPS) is 13.1. The fourth-order valence-electron chi connectivity index (χ4n) is 1.61. The second-order valence-corrected chi connectivity index (χ2v) is 3.22. The molecule has 74 valence electrons. The first-order chi connectivity index (χ1) is 7.34. The molecule has 0 aliphatic carbocycles. The van der Waals surface area contributed by atoms with E-state index in [1.165, 1.54) is 0 Å². The molecule has 0 bridgehead atoms. The van der Waals surface area contributed by atoms with E-state index in [9.17, 15) is 0 Å². The van der Waals surface area contributed by atoms with Crippen molar-refractivity contribution in [2.24, 2.45) is 0 Å². The van der Waals surface area contributed by atoms with Crippen LogP contribution in [0.5, 0.6) is 0 Å². The van der Waals surface area contributed by atoms with Gasteiger partial charge in [0.1, 0.15) is 5.69 Å². The number of rotatable bonds is 0. The molecule has 3 aliphatic heterocycles. The van der Waals surface area contributed by atoms with Gasteiger partial charge in [0.2, 0.25) is 5.62 Å². The molecule has 3 N–H and O–H groups in total. The van der Waals surface area contributed by atoms with Crippen molar-refractivity contribution in [1.82, 2.24) is 15.0 Å². The van der Waals surface area contributed by atoms with Gasteiger partial charge in [-0.05, 0) is 0 Å². The Kier molecular flexibility index (Phi) is 1.55. The molecule has 3 aliphatic rings. The van der Waals surface area contributed by atoms with E-state index in [4.69, 9.17) is 5.41 Å². The van der Waals surface area contributed by atoms with Gasteiger partial charge in [-0.15, -0.1) is 0 Å². The highest BCUT2D eigenvalue weighted by Crippen LogP contribution is 2.33. The third-order valence-corrected chi connectivity index (χ3v) is 2.28. The summed E-state index contributed by atoms with van der Waals surface area (Å²) in [6, 6.07) is 0. The van der Waals surface area contributed by atoms with Crippen molar-refractivity contribution in [2.75, 3.05) is 17.3 Å². The van der Waals surface area contributed by atoms with E-state index in [2.05, 4.69) is 25.6 Å². The van der Waals surface area contributed by atoms with Gasteiger partial charge in [0.15, 0.2) is 0 Å². The highest BCUT2D eigenvalue weighted by Gasteiger charge is 2.16. The fraction of sp³-hybridized carbons (Fsp3) is 0.111. The average molecular weight is 200 g/mol. The Hall–Kier alpha value is -2.24. The summed E-state index contributed by atoms with van der Waals surface area (Å²) in [6.45, 7) is 0.660. The van der Waals surface area contributed by atoms with E-state index < -0.39 is 0 Å². The summed E-state index contributed by atoms with van der Waals surface area (Å²) in [7, 11) is 0. The first kappa shape index (κ1) is 8.10. The average Bonchev–Trinajstić information content (AvgIpc) is 2.62. The van der Waals surface area contributed by atoms with E-state index in [0.717, 1.165) is 22.6 Å². The van der Waals surface area contributed by atoms with Crippen molar-refractivity contribution in [3.05, 3.63) is 24.2 Å². The summed E-state index contributed by atoms with van der Waals surface area (Å²) < 4.78 is 0. The molecule has 0 saturated heterocycles. The zero-order chi connectivity index (χ0) is 10.3. The van der Waals surface area contributed by atoms with Gasteiger partial charge in [0.25, 0.3) is 0 Å². The number of hydrogen-bond donors (Lipinski definition) is 3. The molecule has 0 saturated carbocycles. The minimum atomic E-state index is 0.0181. The van der Waals surface area contributed by atoms with E-state index in [-0.39, 0.29) is 5.62 Å². The van der Waals surface area contributed by atoms with Crippen LogP contribution in [0.4, 0.5) is 11.4 Å². The Morgan fingerprint density at radius 1 is 1.20 bits per heavy atom. The molecular weight excluding hydrogens is 192 g/mol. The topological polar surface area (TPSA) is 86.6 Å². The monoisotopic (exact) mass is 200 g/mol. The minimum Gasteiger partial charge on any atom is -0.365 e. The molecule has 0 amide bonds. The lowest BCUT2D eigenvalue weighted by atomic mass is 10.2. The van der Waals surface area contributed by atoms with Crippen LogP contribution >= 0.6 is 0 Å². The Morgan fingerprint density at radius 2 is 2.13 bits per heavy atom. The Bertz CT molecular complexity index is 552. The van der Waals surface area contributed by atoms with Crippen LogP contribution in [0.15, 0.2) is 18.6 Å². The molecule has 15 heavy (non-hydrogen) atoms. The van der Waals surface area contributed by atoms with Crippen LogP contribution in [0.25, 0.3) is 11.3 Å². The van der Waals surface area contributed by atoms with Crippen molar-refractivity contribution in [2.45, 2.75) is 0 Å². The van der Waals surface area contributed by atoms with Gasteiger partial charge >= 0.3 is 0 Å². The second kappa shape index (κ2) is 2.88. The van der Waals surface area contributed by atoms with E-state index in [0.29, 0.717) is 6.67 Å². The Labute approximate surface area is 85.3 Å². The van der Waals surface area contributed by atoms with Crippen LogP contribution < -0.4 is 16.3 Å². The van der Waals surface area contributed by atoms with Crippen LogP contribution in [0.3, 0.4) is 0 Å². The van der Waals surface area contributed by atoms with Crippen LogP contribution in [0, 0.1) is 5.41 Å². The maximum absolute atomic E-state index is 7.41. The molecule has 0 fully saturated rings. The van der Waals surface area contributed by atoms with E-state index >= 15 is 0 Å². The number of nitrogens with one attached hydrogen (secondary N) is 3. The lowest BCUT2D eigenvalue weighted by molar-refractivity contribution is 0.972. The van der Waals surface area contributed by atoms with Crippen LogP contribution in [-0.4, -0.2) is 21.6 Å². The Morgan fingerprint density at radius 3 is 3.07 bits per heavy atom. The molecule has 6 heteroatoms. The highest BCUT2D eigenvalue weighted by molar-refractivity contribution is 5.85. The summed E-state index contributed by atoms with van der Waals surface area (Å²) in [5, 5.41) is 13.7. The molecule has 0 aromatic carbocycles. The zero-order valence-corrected chi connectivity index (χ0v) is 7.78. The lowest BCUT2D eigenvalue weighted by Crippen LogP contribution is -2.11. The number of nitrogens with zero attached hydrogens (tertiary/aromatic N) is 3. The molecule has 0 spiro atoms. The van der Waals surface area contributed by atoms with Gasteiger partial charge in [-0.1, -0.05) is 0 Å². The van der Waals surface area contributed by atoms with Crippen molar-refractivity contribution in [3.63, 3.8) is 0 Å². The molecule has 6 nitrogen and oxygen atoms in total. The van der Waals surface area contributed by atoms with Crippen LogP contribution in [-0.2, 0) is 0 Å². The number of hydrogen-bond acceptors (Lipinski definition) is 6. The fourth-order valence-corrected chi connectivity index (χ4v) is 1.61. The largest absolute Gasteiger partial charge is 0.365 e. The van der Waals surface area contributed by atoms with Crippen molar-refractivity contribution in [3.8, 4) is 11.3 Å². The number of fused-ring (bicyclic) bond motifs is 3. The standard InChI is InChI=1S/C9H8N6/c10-9-12-2-5-1-11-3-6-8(7(5)15-9)14-4-13-6/h1-3,10,13-14H,4H2. The summed E-state index contributed by atoms with van der Waals surface area (Å²) >= 11 is 0. The molecule has 0 radical (unpaired) electrons. The number of anilines is 2. The van der Waals surface area contributed by atoms with E-state index in [1.807, 2.05) is 0 Å². The third kappa shape index (κ3) is 1.18. The van der Waals surface area contributed by atoms with Crippen LogP contribution in [0.1, 0.15) is 0 Å². The van der Waals surface area contributed by atoms with Crippen LogP contribution in [0.2, 0.25) is 0 Å². The van der Waals surface area contributed by atoms with Crippen molar-refractivity contribution in [1.29, 1.82) is 5.41 Å². The summed E-state index contributed by atoms with van der Waals surface area (Å²) in [4.78, 5) is 12.1. The van der Waals surface area contributed by atoms with E-state index in [1.54, 1.807) is 18.6 Å².